The fourth-order valence-corrected chi connectivity index (χ4v) is 4.41. The number of rotatable bonds is 8. The lowest BCUT2D eigenvalue weighted by Crippen LogP contribution is -2.39. The van der Waals surface area contributed by atoms with Gasteiger partial charge in [0.05, 0.1) is 6.42 Å². The molecule has 182 valence electrons. The van der Waals surface area contributed by atoms with Crippen molar-refractivity contribution in [3.8, 4) is 0 Å². The van der Waals surface area contributed by atoms with Gasteiger partial charge in [0, 0.05) is 50.0 Å². The Balaban J connectivity index is 1.21. The van der Waals surface area contributed by atoms with E-state index in [1.807, 2.05) is 54.4 Å². The summed E-state index contributed by atoms with van der Waals surface area (Å²) in [5.74, 6) is 0.109. The second kappa shape index (κ2) is 11.9. The molecule has 3 amide bonds. The summed E-state index contributed by atoms with van der Waals surface area (Å²) in [6, 6.07) is 25.1. The molecule has 3 aromatic rings. The largest absolute Gasteiger partial charge is 0.341 e. The first-order valence-electron chi connectivity index (χ1n) is 11.9. The highest BCUT2D eigenvalue weighted by Gasteiger charge is 2.28. The predicted molar refractivity (Wildman–Crippen MR) is 140 cm³/mol. The topological polar surface area (TPSA) is 64.7 Å². The van der Waals surface area contributed by atoms with Gasteiger partial charge in [-0.2, -0.15) is 0 Å². The lowest BCUT2D eigenvalue weighted by Gasteiger charge is -2.25. The summed E-state index contributed by atoms with van der Waals surface area (Å²) in [5, 5.41) is 6.30. The van der Waals surface area contributed by atoms with Gasteiger partial charge in [-0.05, 0) is 47.4 Å². The minimum absolute atomic E-state index is 0.109. The Hall–Kier alpha value is -3.35. The van der Waals surface area contributed by atoms with E-state index in [0.717, 1.165) is 37.2 Å². The van der Waals surface area contributed by atoms with Gasteiger partial charge in [0.15, 0.2) is 0 Å². The molecule has 0 unspecified atom stereocenters. The number of hydrogen-bond donors (Lipinski definition) is 2. The number of urea groups is 1. The van der Waals surface area contributed by atoms with Gasteiger partial charge in [-0.1, -0.05) is 66.2 Å². The molecule has 0 spiro atoms. The Morgan fingerprint density at radius 2 is 1.63 bits per heavy atom. The third-order valence-electron chi connectivity index (χ3n) is 6.37. The summed E-state index contributed by atoms with van der Waals surface area (Å²) in [7, 11) is 1.90. The van der Waals surface area contributed by atoms with Crippen LogP contribution in [-0.2, 0) is 24.3 Å². The zero-order chi connectivity index (χ0) is 24.6. The number of nitrogens with one attached hydrogen (secondary N) is 2. The van der Waals surface area contributed by atoms with Crippen molar-refractivity contribution < 1.29 is 9.59 Å². The van der Waals surface area contributed by atoms with Crippen molar-refractivity contribution in [3.05, 3.63) is 101 Å². The van der Waals surface area contributed by atoms with Crippen molar-refractivity contribution in [1.29, 1.82) is 0 Å². The maximum Gasteiger partial charge on any atom is 0.319 e. The van der Waals surface area contributed by atoms with Crippen LogP contribution in [0.15, 0.2) is 78.9 Å². The third-order valence-corrected chi connectivity index (χ3v) is 6.62. The summed E-state index contributed by atoms with van der Waals surface area (Å²) in [6.45, 7) is 3.22. The van der Waals surface area contributed by atoms with Gasteiger partial charge in [0.25, 0.3) is 0 Å². The fourth-order valence-electron chi connectivity index (χ4n) is 4.28. The molecule has 2 N–H and O–H groups in total. The van der Waals surface area contributed by atoms with E-state index < -0.39 is 0 Å². The molecule has 0 aromatic heterocycles. The van der Waals surface area contributed by atoms with Crippen LogP contribution in [0.4, 0.5) is 10.5 Å². The number of nitrogens with zero attached hydrogens (tertiary/aromatic N) is 2. The second-order valence-electron chi connectivity index (χ2n) is 8.98. The van der Waals surface area contributed by atoms with Gasteiger partial charge in [0.1, 0.15) is 0 Å². The van der Waals surface area contributed by atoms with Crippen LogP contribution in [0.2, 0.25) is 5.02 Å². The first-order valence-corrected chi connectivity index (χ1v) is 12.2. The number of likely N-dealkylation sites (tertiary alicyclic amines) is 1. The summed E-state index contributed by atoms with van der Waals surface area (Å²) in [4.78, 5) is 29.4. The highest BCUT2D eigenvalue weighted by Crippen LogP contribution is 2.19. The van der Waals surface area contributed by atoms with Gasteiger partial charge in [-0.25, -0.2) is 4.79 Å². The third kappa shape index (κ3) is 7.31. The molecule has 1 saturated heterocycles. The van der Waals surface area contributed by atoms with Crippen LogP contribution < -0.4 is 10.6 Å². The maximum atomic E-state index is 12.9. The Labute approximate surface area is 211 Å². The minimum Gasteiger partial charge on any atom is -0.341 e. The molecule has 4 rings (SSSR count). The molecule has 1 heterocycles. The van der Waals surface area contributed by atoms with Crippen molar-refractivity contribution in [2.75, 3.05) is 25.5 Å². The molecule has 1 fully saturated rings. The Morgan fingerprint density at radius 1 is 0.943 bits per heavy atom. The summed E-state index contributed by atoms with van der Waals surface area (Å²) in [5.41, 5.74) is 3.87. The molecule has 1 atom stereocenters. The molecular formula is C28H31ClN4O2. The monoisotopic (exact) mass is 490 g/mol. The second-order valence-corrected chi connectivity index (χ2v) is 9.41. The zero-order valence-corrected chi connectivity index (χ0v) is 20.7. The van der Waals surface area contributed by atoms with E-state index in [-0.39, 0.29) is 18.0 Å². The average Bonchev–Trinajstić information content (AvgIpc) is 3.33. The van der Waals surface area contributed by atoms with Gasteiger partial charge in [-0.3, -0.25) is 9.69 Å². The van der Waals surface area contributed by atoms with Crippen LogP contribution in [0.1, 0.15) is 23.1 Å². The van der Waals surface area contributed by atoms with E-state index in [0.29, 0.717) is 23.7 Å². The standard InChI is InChI=1S/C28H31ClN4O2/c1-32(26-15-16-33(20-26)19-23-5-3-2-4-6-23)27(34)17-21-9-13-25(14-10-21)31-28(35)30-18-22-7-11-24(29)12-8-22/h2-14,26H,15-20H2,1H3,(H2,30,31,35)/t26-/m1/s1. The summed E-state index contributed by atoms with van der Waals surface area (Å²) in [6.07, 6.45) is 1.33. The van der Waals surface area contributed by atoms with Crippen LogP contribution in [0.3, 0.4) is 0 Å². The zero-order valence-electron chi connectivity index (χ0n) is 19.9. The lowest BCUT2D eigenvalue weighted by molar-refractivity contribution is -0.131. The van der Waals surface area contributed by atoms with E-state index >= 15 is 0 Å². The SMILES string of the molecule is CN(C(=O)Cc1ccc(NC(=O)NCc2ccc(Cl)cc2)cc1)[C@@H]1CCN(Cc2ccccc2)C1. The summed E-state index contributed by atoms with van der Waals surface area (Å²) >= 11 is 5.88. The first kappa shape index (κ1) is 24.8. The molecule has 0 radical (unpaired) electrons. The average molecular weight is 491 g/mol. The van der Waals surface area contributed by atoms with Gasteiger partial charge >= 0.3 is 6.03 Å². The van der Waals surface area contributed by atoms with Crippen LogP contribution in [0.25, 0.3) is 0 Å². The highest BCUT2D eigenvalue weighted by atomic mass is 35.5. The molecule has 0 bridgehead atoms. The number of carbonyl (C=O) groups is 2. The van der Waals surface area contributed by atoms with Crippen LogP contribution in [-0.4, -0.2) is 47.9 Å². The molecule has 35 heavy (non-hydrogen) atoms. The van der Waals surface area contributed by atoms with E-state index in [9.17, 15) is 9.59 Å². The number of likely N-dealkylation sites (N-methyl/N-ethyl adjacent to an activating group) is 1. The smallest absolute Gasteiger partial charge is 0.319 e. The highest BCUT2D eigenvalue weighted by molar-refractivity contribution is 6.30. The van der Waals surface area contributed by atoms with E-state index in [1.165, 1.54) is 5.56 Å². The predicted octanol–water partition coefficient (Wildman–Crippen LogP) is 4.94. The van der Waals surface area contributed by atoms with Crippen molar-refractivity contribution in [2.45, 2.75) is 32.0 Å². The molecular weight excluding hydrogens is 460 g/mol. The number of benzene rings is 3. The maximum absolute atomic E-state index is 12.9. The fraction of sp³-hybridized carbons (Fsp3) is 0.286. The minimum atomic E-state index is -0.287. The quantitative estimate of drug-likeness (QED) is 0.470. The Kier molecular flexibility index (Phi) is 8.40. The lowest BCUT2D eigenvalue weighted by atomic mass is 10.1. The molecule has 6 nitrogen and oxygen atoms in total. The van der Waals surface area contributed by atoms with Crippen molar-refractivity contribution in [3.63, 3.8) is 0 Å². The number of hydrogen-bond acceptors (Lipinski definition) is 3. The van der Waals surface area contributed by atoms with Crippen molar-refractivity contribution in [1.82, 2.24) is 15.1 Å². The van der Waals surface area contributed by atoms with Crippen LogP contribution >= 0.6 is 11.6 Å². The van der Waals surface area contributed by atoms with Crippen molar-refractivity contribution in [2.24, 2.45) is 0 Å². The molecule has 1 aliphatic rings. The summed E-state index contributed by atoms with van der Waals surface area (Å²) < 4.78 is 0. The van der Waals surface area contributed by atoms with Gasteiger partial charge in [0.2, 0.25) is 5.91 Å². The molecule has 1 aliphatic heterocycles. The Morgan fingerprint density at radius 3 is 2.34 bits per heavy atom. The van der Waals surface area contributed by atoms with Gasteiger partial charge < -0.3 is 15.5 Å². The molecule has 7 heteroatoms. The van der Waals surface area contributed by atoms with E-state index in [1.54, 1.807) is 12.1 Å². The van der Waals surface area contributed by atoms with Gasteiger partial charge in [-0.15, -0.1) is 0 Å². The van der Waals surface area contributed by atoms with Crippen LogP contribution in [0, 0.1) is 0 Å². The van der Waals surface area contributed by atoms with Crippen molar-refractivity contribution >= 4 is 29.2 Å². The molecule has 3 aromatic carbocycles. The first-order chi connectivity index (χ1) is 17.0. The molecule has 0 aliphatic carbocycles. The van der Waals surface area contributed by atoms with E-state index in [2.05, 4.69) is 39.8 Å². The number of carbonyl (C=O) groups excluding carboxylic acids is 2. The Bertz CT molecular complexity index is 1120. The van der Waals surface area contributed by atoms with Crippen LogP contribution in [0.5, 0.6) is 0 Å². The number of amides is 3. The normalized spacial score (nSPS) is 15.5. The number of halogens is 1. The molecule has 0 saturated carbocycles. The van der Waals surface area contributed by atoms with E-state index in [4.69, 9.17) is 11.6 Å². The number of anilines is 1.